The maximum absolute atomic E-state index is 4.50. The first-order chi connectivity index (χ1) is 10.1. The summed E-state index contributed by atoms with van der Waals surface area (Å²) in [5, 5.41) is 2.64. The summed E-state index contributed by atoms with van der Waals surface area (Å²) in [6.07, 6.45) is 4.57. The van der Waals surface area contributed by atoms with E-state index in [1.54, 1.807) is 6.08 Å². The SMILES string of the molecule is C=C/C=C(\S)Cc1ccc2c(c1)c1cc(C)ccc1n2C. The zero-order valence-corrected chi connectivity index (χ0v) is 13.3. The third-order valence-corrected chi connectivity index (χ3v) is 4.23. The largest absolute Gasteiger partial charge is 0.344 e. The average Bonchev–Trinajstić information content (AvgIpc) is 2.72. The van der Waals surface area contributed by atoms with E-state index in [1.165, 1.54) is 32.9 Å². The molecule has 2 heteroatoms. The molecule has 0 fully saturated rings. The number of benzene rings is 2. The van der Waals surface area contributed by atoms with E-state index in [9.17, 15) is 0 Å². The zero-order valence-electron chi connectivity index (χ0n) is 12.4. The summed E-state index contributed by atoms with van der Waals surface area (Å²) < 4.78 is 2.26. The lowest BCUT2D eigenvalue weighted by Crippen LogP contribution is -1.88. The van der Waals surface area contributed by atoms with E-state index in [1.807, 2.05) is 6.08 Å². The molecular weight excluding hydrogens is 274 g/mol. The van der Waals surface area contributed by atoms with Gasteiger partial charge in [0, 0.05) is 35.3 Å². The molecule has 21 heavy (non-hydrogen) atoms. The summed E-state index contributed by atoms with van der Waals surface area (Å²) in [4.78, 5) is 1.03. The Hall–Kier alpha value is -1.93. The average molecular weight is 293 g/mol. The second kappa shape index (κ2) is 5.45. The smallest absolute Gasteiger partial charge is 0.0488 e. The summed E-state index contributed by atoms with van der Waals surface area (Å²) in [6, 6.07) is 13.3. The van der Waals surface area contributed by atoms with Gasteiger partial charge in [0.2, 0.25) is 0 Å². The van der Waals surface area contributed by atoms with E-state index in [0.29, 0.717) is 0 Å². The van der Waals surface area contributed by atoms with E-state index in [4.69, 9.17) is 0 Å². The number of rotatable bonds is 3. The van der Waals surface area contributed by atoms with Crippen LogP contribution in [0.5, 0.6) is 0 Å². The van der Waals surface area contributed by atoms with Crippen molar-refractivity contribution in [3.05, 3.63) is 71.2 Å². The van der Waals surface area contributed by atoms with E-state index in [2.05, 4.69) is 74.1 Å². The van der Waals surface area contributed by atoms with E-state index >= 15 is 0 Å². The van der Waals surface area contributed by atoms with Crippen LogP contribution < -0.4 is 0 Å². The molecule has 0 spiro atoms. The van der Waals surface area contributed by atoms with Crippen LogP contribution in [0.4, 0.5) is 0 Å². The van der Waals surface area contributed by atoms with Crippen LogP contribution in [0.2, 0.25) is 0 Å². The molecule has 0 radical (unpaired) electrons. The minimum absolute atomic E-state index is 0.841. The van der Waals surface area contributed by atoms with Crippen molar-refractivity contribution in [2.75, 3.05) is 0 Å². The number of hydrogen-bond donors (Lipinski definition) is 1. The van der Waals surface area contributed by atoms with E-state index in [-0.39, 0.29) is 0 Å². The highest BCUT2D eigenvalue weighted by Gasteiger charge is 2.09. The molecule has 0 amide bonds. The van der Waals surface area contributed by atoms with Crippen molar-refractivity contribution >= 4 is 34.4 Å². The molecule has 0 N–H and O–H groups in total. The Kier molecular flexibility index (Phi) is 3.64. The maximum Gasteiger partial charge on any atom is 0.0488 e. The van der Waals surface area contributed by atoms with E-state index < -0.39 is 0 Å². The first kappa shape index (κ1) is 14.0. The molecule has 1 aromatic heterocycles. The lowest BCUT2D eigenvalue weighted by Gasteiger charge is -2.02. The van der Waals surface area contributed by atoms with Gasteiger partial charge < -0.3 is 4.57 Å². The van der Waals surface area contributed by atoms with Crippen molar-refractivity contribution in [1.82, 2.24) is 4.57 Å². The zero-order chi connectivity index (χ0) is 15.0. The Balaban J connectivity index is 2.20. The third-order valence-electron chi connectivity index (χ3n) is 3.92. The van der Waals surface area contributed by atoms with Gasteiger partial charge in [0.15, 0.2) is 0 Å². The van der Waals surface area contributed by atoms with Gasteiger partial charge in [-0.05, 0) is 41.7 Å². The number of aryl methyl sites for hydroxylation is 2. The number of hydrogen-bond acceptors (Lipinski definition) is 1. The van der Waals surface area contributed by atoms with Gasteiger partial charge in [-0.2, -0.15) is 0 Å². The molecule has 106 valence electrons. The summed E-state index contributed by atoms with van der Waals surface area (Å²) >= 11 is 4.50. The molecule has 0 unspecified atom stereocenters. The van der Waals surface area contributed by atoms with Crippen LogP contribution >= 0.6 is 12.6 Å². The van der Waals surface area contributed by atoms with Crippen molar-refractivity contribution in [1.29, 1.82) is 0 Å². The molecule has 1 heterocycles. The highest BCUT2D eigenvalue weighted by molar-refractivity contribution is 7.84. The Morgan fingerprint density at radius 2 is 1.81 bits per heavy atom. The predicted octanol–water partition coefficient (Wildman–Crippen LogP) is 5.18. The van der Waals surface area contributed by atoms with Crippen LogP contribution in [0.25, 0.3) is 21.8 Å². The van der Waals surface area contributed by atoms with Crippen LogP contribution in [0.3, 0.4) is 0 Å². The fraction of sp³-hybridized carbons (Fsp3) is 0.158. The van der Waals surface area contributed by atoms with Crippen molar-refractivity contribution in [3.8, 4) is 0 Å². The second-order valence-electron chi connectivity index (χ2n) is 5.50. The summed E-state index contributed by atoms with van der Waals surface area (Å²) in [5.74, 6) is 0. The van der Waals surface area contributed by atoms with Crippen molar-refractivity contribution in [2.24, 2.45) is 7.05 Å². The Bertz CT molecular complexity index is 868. The molecule has 0 bridgehead atoms. The van der Waals surface area contributed by atoms with Gasteiger partial charge >= 0.3 is 0 Å². The van der Waals surface area contributed by atoms with Gasteiger partial charge in [-0.15, -0.1) is 12.6 Å². The fourth-order valence-electron chi connectivity index (χ4n) is 2.89. The number of nitrogens with zero attached hydrogens (tertiary/aromatic N) is 1. The van der Waals surface area contributed by atoms with Crippen molar-refractivity contribution in [2.45, 2.75) is 13.3 Å². The van der Waals surface area contributed by atoms with Crippen molar-refractivity contribution < 1.29 is 0 Å². The Morgan fingerprint density at radius 1 is 1.14 bits per heavy atom. The van der Waals surface area contributed by atoms with Crippen LogP contribution in [0.15, 0.2) is 60.0 Å². The van der Waals surface area contributed by atoms with Gasteiger partial charge in [0.25, 0.3) is 0 Å². The molecule has 0 saturated carbocycles. The molecule has 0 saturated heterocycles. The molecule has 2 aromatic carbocycles. The van der Waals surface area contributed by atoms with Gasteiger partial charge in [0.1, 0.15) is 0 Å². The van der Waals surface area contributed by atoms with Crippen LogP contribution in [0, 0.1) is 6.92 Å². The standard InChI is InChI=1S/C19H19NS/c1-4-5-15(21)11-14-7-9-19-17(12-14)16-10-13(2)6-8-18(16)20(19)3/h4-10,12,21H,1,11H2,2-3H3/b15-5-. The molecular formula is C19H19NS. The minimum atomic E-state index is 0.841. The maximum atomic E-state index is 4.50. The monoisotopic (exact) mass is 293 g/mol. The van der Waals surface area contributed by atoms with Crippen LogP contribution in [0.1, 0.15) is 11.1 Å². The summed E-state index contributed by atoms with van der Waals surface area (Å²) in [6.45, 7) is 5.86. The Labute approximate surface area is 131 Å². The molecule has 3 rings (SSSR count). The topological polar surface area (TPSA) is 4.93 Å². The van der Waals surface area contributed by atoms with E-state index in [0.717, 1.165) is 11.3 Å². The predicted molar refractivity (Wildman–Crippen MR) is 96.1 cm³/mol. The highest BCUT2D eigenvalue weighted by atomic mass is 32.1. The molecule has 1 nitrogen and oxygen atoms in total. The molecule has 0 atom stereocenters. The number of aromatic nitrogens is 1. The first-order valence-electron chi connectivity index (χ1n) is 7.08. The van der Waals surface area contributed by atoms with Gasteiger partial charge in [-0.3, -0.25) is 0 Å². The fourth-order valence-corrected chi connectivity index (χ4v) is 3.18. The molecule has 0 aliphatic heterocycles. The normalized spacial score (nSPS) is 12.2. The lowest BCUT2D eigenvalue weighted by molar-refractivity contribution is 1.01. The second-order valence-corrected chi connectivity index (χ2v) is 6.08. The lowest BCUT2D eigenvalue weighted by atomic mass is 10.1. The number of thiol groups is 1. The first-order valence-corrected chi connectivity index (χ1v) is 7.53. The summed E-state index contributed by atoms with van der Waals surface area (Å²) in [5.41, 5.74) is 5.12. The molecule has 3 aromatic rings. The molecule has 0 aliphatic rings. The van der Waals surface area contributed by atoms with Crippen LogP contribution in [-0.2, 0) is 13.5 Å². The molecule has 0 aliphatic carbocycles. The van der Waals surface area contributed by atoms with Crippen molar-refractivity contribution in [3.63, 3.8) is 0 Å². The quantitative estimate of drug-likeness (QED) is 0.501. The van der Waals surface area contributed by atoms with Gasteiger partial charge in [-0.25, -0.2) is 0 Å². The Morgan fingerprint density at radius 3 is 2.52 bits per heavy atom. The van der Waals surface area contributed by atoms with Gasteiger partial charge in [0.05, 0.1) is 0 Å². The highest BCUT2D eigenvalue weighted by Crippen LogP contribution is 2.30. The van der Waals surface area contributed by atoms with Crippen LogP contribution in [-0.4, -0.2) is 4.57 Å². The third kappa shape index (κ3) is 2.52. The summed E-state index contributed by atoms with van der Waals surface area (Å²) in [7, 11) is 2.13. The number of fused-ring (bicyclic) bond motifs is 3. The number of allylic oxidation sites excluding steroid dienone is 3. The minimum Gasteiger partial charge on any atom is -0.344 e. The van der Waals surface area contributed by atoms with Gasteiger partial charge in [-0.1, -0.05) is 36.4 Å².